The van der Waals surface area contributed by atoms with E-state index in [0.717, 1.165) is 12.8 Å². The molecule has 0 aliphatic heterocycles. The van der Waals surface area contributed by atoms with Gasteiger partial charge in [0, 0.05) is 6.42 Å². The van der Waals surface area contributed by atoms with Crippen LogP contribution >= 0.6 is 0 Å². The summed E-state index contributed by atoms with van der Waals surface area (Å²) in [5.74, 6) is 0.0293. The Morgan fingerprint density at radius 3 is 0.733 bits per heavy atom. The average molecular weight is 635 g/mol. The zero-order valence-corrected chi connectivity index (χ0v) is 31.6. The molecule has 0 bridgehead atoms. The van der Waals surface area contributed by atoms with E-state index in [0.29, 0.717) is 13.0 Å². The lowest BCUT2D eigenvalue weighted by atomic mass is 10.0. The summed E-state index contributed by atoms with van der Waals surface area (Å²) >= 11 is 0. The van der Waals surface area contributed by atoms with E-state index in [-0.39, 0.29) is 5.97 Å². The predicted octanol–water partition coefficient (Wildman–Crippen LogP) is 15.8. The SMILES string of the molecule is CCCCCCCCCCCCCCCCCCCCCCCCCCCCOC(=O)CCCCCCCCCCCCCC. The van der Waals surface area contributed by atoms with Crippen molar-refractivity contribution in [3.05, 3.63) is 0 Å². The molecule has 0 radical (unpaired) electrons. The Labute approximate surface area is 285 Å². The van der Waals surface area contributed by atoms with Crippen LogP contribution in [0.2, 0.25) is 0 Å². The molecule has 0 aromatic heterocycles. The van der Waals surface area contributed by atoms with Gasteiger partial charge in [0.05, 0.1) is 6.61 Å². The van der Waals surface area contributed by atoms with Crippen LogP contribution in [0.15, 0.2) is 0 Å². The van der Waals surface area contributed by atoms with Crippen LogP contribution in [-0.2, 0) is 9.53 Å². The molecule has 0 N–H and O–H groups in total. The van der Waals surface area contributed by atoms with E-state index in [9.17, 15) is 4.79 Å². The molecular weight excluding hydrogens is 548 g/mol. The maximum Gasteiger partial charge on any atom is 0.305 e. The monoisotopic (exact) mass is 635 g/mol. The second kappa shape index (κ2) is 41.5. The van der Waals surface area contributed by atoms with E-state index in [1.54, 1.807) is 0 Å². The summed E-state index contributed by atoms with van der Waals surface area (Å²) < 4.78 is 5.46. The first kappa shape index (κ1) is 44.5. The smallest absolute Gasteiger partial charge is 0.305 e. The summed E-state index contributed by atoms with van der Waals surface area (Å²) in [5, 5.41) is 0. The first-order valence-electron chi connectivity index (χ1n) is 21.5. The molecule has 0 saturated carbocycles. The number of hydrogen-bond donors (Lipinski definition) is 0. The van der Waals surface area contributed by atoms with Gasteiger partial charge in [0.2, 0.25) is 0 Å². The second-order valence-corrected chi connectivity index (χ2v) is 14.7. The Kier molecular flexibility index (Phi) is 41.0. The van der Waals surface area contributed by atoms with Crippen molar-refractivity contribution in [3.8, 4) is 0 Å². The third-order valence-corrected chi connectivity index (χ3v) is 10.00. The molecule has 0 aromatic carbocycles. The van der Waals surface area contributed by atoms with Crippen LogP contribution in [-0.4, -0.2) is 12.6 Å². The van der Waals surface area contributed by atoms with Crippen molar-refractivity contribution in [1.82, 2.24) is 0 Å². The Bertz CT molecular complexity index is 530. The fourth-order valence-corrected chi connectivity index (χ4v) is 6.79. The van der Waals surface area contributed by atoms with Gasteiger partial charge < -0.3 is 4.74 Å². The van der Waals surface area contributed by atoms with Crippen LogP contribution in [0.1, 0.15) is 264 Å². The minimum absolute atomic E-state index is 0.0293. The van der Waals surface area contributed by atoms with Crippen LogP contribution in [0, 0.1) is 0 Å². The van der Waals surface area contributed by atoms with Gasteiger partial charge >= 0.3 is 5.97 Å². The first-order valence-corrected chi connectivity index (χ1v) is 21.5. The molecule has 270 valence electrons. The van der Waals surface area contributed by atoms with E-state index in [1.807, 2.05) is 0 Å². The van der Waals surface area contributed by atoms with Crippen molar-refractivity contribution in [2.45, 2.75) is 264 Å². The van der Waals surface area contributed by atoms with Gasteiger partial charge in [0.25, 0.3) is 0 Å². The maximum absolute atomic E-state index is 11.9. The largest absolute Gasteiger partial charge is 0.466 e. The van der Waals surface area contributed by atoms with E-state index in [1.165, 1.54) is 231 Å². The summed E-state index contributed by atoms with van der Waals surface area (Å²) in [5.41, 5.74) is 0. The molecule has 0 rings (SSSR count). The zero-order valence-electron chi connectivity index (χ0n) is 31.6. The van der Waals surface area contributed by atoms with Gasteiger partial charge in [0.1, 0.15) is 0 Å². The van der Waals surface area contributed by atoms with Crippen LogP contribution in [0.25, 0.3) is 0 Å². The lowest BCUT2D eigenvalue weighted by Crippen LogP contribution is -2.05. The van der Waals surface area contributed by atoms with Crippen molar-refractivity contribution in [2.24, 2.45) is 0 Å². The second-order valence-electron chi connectivity index (χ2n) is 14.7. The molecule has 2 heteroatoms. The molecule has 0 fully saturated rings. The van der Waals surface area contributed by atoms with Gasteiger partial charge in [-0.2, -0.15) is 0 Å². The highest BCUT2D eigenvalue weighted by molar-refractivity contribution is 5.69. The Hall–Kier alpha value is -0.530. The zero-order chi connectivity index (χ0) is 32.6. The van der Waals surface area contributed by atoms with E-state index >= 15 is 0 Å². The molecule has 0 aromatic rings. The number of carbonyl (C=O) groups is 1. The van der Waals surface area contributed by atoms with Gasteiger partial charge in [-0.15, -0.1) is 0 Å². The molecular formula is C43H86O2. The van der Waals surface area contributed by atoms with Crippen molar-refractivity contribution < 1.29 is 9.53 Å². The molecule has 0 heterocycles. The normalized spacial score (nSPS) is 11.4. The Balaban J connectivity index is 3.12. The van der Waals surface area contributed by atoms with Gasteiger partial charge in [-0.3, -0.25) is 4.79 Å². The van der Waals surface area contributed by atoms with Gasteiger partial charge in [0.15, 0.2) is 0 Å². The molecule has 2 nitrogen and oxygen atoms in total. The van der Waals surface area contributed by atoms with Gasteiger partial charge in [-0.1, -0.05) is 245 Å². The van der Waals surface area contributed by atoms with Crippen molar-refractivity contribution >= 4 is 5.97 Å². The fraction of sp³-hybridized carbons (Fsp3) is 0.977. The topological polar surface area (TPSA) is 26.3 Å². The summed E-state index contributed by atoms with van der Waals surface area (Å²) in [6.07, 6.45) is 53.5. The maximum atomic E-state index is 11.9. The van der Waals surface area contributed by atoms with E-state index in [2.05, 4.69) is 13.8 Å². The van der Waals surface area contributed by atoms with Crippen LogP contribution in [0.4, 0.5) is 0 Å². The minimum Gasteiger partial charge on any atom is -0.466 e. The standard InChI is InChI=1S/C43H86O2/c1-3-5-7-9-11-13-15-17-18-19-20-21-22-23-24-25-26-27-28-29-30-32-34-36-38-40-42-45-43(44)41-39-37-35-33-31-16-14-12-10-8-6-4-2/h3-42H2,1-2H3. The number of esters is 1. The Morgan fingerprint density at radius 2 is 0.489 bits per heavy atom. The summed E-state index contributed by atoms with van der Waals surface area (Å²) in [7, 11) is 0. The molecule has 0 saturated heterocycles. The molecule has 0 aliphatic rings. The Morgan fingerprint density at radius 1 is 0.289 bits per heavy atom. The number of ether oxygens (including phenoxy) is 1. The van der Waals surface area contributed by atoms with Crippen LogP contribution in [0.5, 0.6) is 0 Å². The first-order chi connectivity index (χ1) is 22.3. The summed E-state index contributed by atoms with van der Waals surface area (Å²) in [4.78, 5) is 11.9. The van der Waals surface area contributed by atoms with Crippen LogP contribution in [0.3, 0.4) is 0 Å². The number of unbranched alkanes of at least 4 members (excludes halogenated alkanes) is 36. The molecule has 0 spiro atoms. The quantitative estimate of drug-likeness (QED) is 0.0495. The lowest BCUT2D eigenvalue weighted by Gasteiger charge is -2.06. The lowest BCUT2D eigenvalue weighted by molar-refractivity contribution is -0.143. The number of carbonyl (C=O) groups excluding carboxylic acids is 1. The van der Waals surface area contributed by atoms with Gasteiger partial charge in [-0.05, 0) is 12.8 Å². The van der Waals surface area contributed by atoms with Gasteiger partial charge in [-0.25, -0.2) is 0 Å². The third kappa shape index (κ3) is 41.4. The molecule has 0 aliphatic carbocycles. The molecule has 0 unspecified atom stereocenters. The molecule has 45 heavy (non-hydrogen) atoms. The average Bonchev–Trinajstić information content (AvgIpc) is 3.05. The van der Waals surface area contributed by atoms with E-state index in [4.69, 9.17) is 4.74 Å². The molecule has 0 amide bonds. The minimum atomic E-state index is 0.0293. The highest BCUT2D eigenvalue weighted by Gasteiger charge is 2.03. The molecule has 0 atom stereocenters. The van der Waals surface area contributed by atoms with Crippen molar-refractivity contribution in [1.29, 1.82) is 0 Å². The predicted molar refractivity (Wildman–Crippen MR) is 202 cm³/mol. The van der Waals surface area contributed by atoms with E-state index < -0.39 is 0 Å². The van der Waals surface area contributed by atoms with Crippen molar-refractivity contribution in [3.63, 3.8) is 0 Å². The number of rotatable bonds is 40. The highest BCUT2D eigenvalue weighted by Crippen LogP contribution is 2.17. The highest BCUT2D eigenvalue weighted by atomic mass is 16.5. The summed E-state index contributed by atoms with van der Waals surface area (Å²) in [6, 6.07) is 0. The van der Waals surface area contributed by atoms with Crippen LogP contribution < -0.4 is 0 Å². The fourth-order valence-electron chi connectivity index (χ4n) is 6.79. The third-order valence-electron chi connectivity index (χ3n) is 10.00. The summed E-state index contributed by atoms with van der Waals surface area (Å²) in [6.45, 7) is 5.22. The number of hydrogen-bond acceptors (Lipinski definition) is 2. The van der Waals surface area contributed by atoms with Crippen molar-refractivity contribution in [2.75, 3.05) is 6.61 Å².